The predicted octanol–water partition coefficient (Wildman–Crippen LogP) is 7.95. The number of hydrogen-bond donors (Lipinski definition) is 0. The molecule has 2 aromatic carbocycles. The highest BCUT2D eigenvalue weighted by Gasteiger charge is 2.45. The molecule has 2 heteroatoms. The van der Waals surface area contributed by atoms with Crippen molar-refractivity contribution in [3.8, 4) is 0 Å². The van der Waals surface area contributed by atoms with Gasteiger partial charge in [-0.2, -0.15) is 0 Å². The van der Waals surface area contributed by atoms with Crippen LogP contribution in [0.1, 0.15) is 46.1 Å². The molecule has 0 N–H and O–H groups in total. The Kier molecular flexibility index (Phi) is 6.66. The molecule has 1 unspecified atom stereocenters. The van der Waals surface area contributed by atoms with Crippen LogP contribution in [0, 0.1) is 5.41 Å². The van der Waals surface area contributed by atoms with Crippen molar-refractivity contribution in [2.45, 2.75) is 47.0 Å². The first-order valence-electron chi connectivity index (χ1n) is 10.9. The van der Waals surface area contributed by atoms with Crippen LogP contribution < -0.4 is 5.01 Å². The smallest absolute Gasteiger partial charge is 0.0668 e. The van der Waals surface area contributed by atoms with Gasteiger partial charge in [-0.25, -0.2) is 5.01 Å². The van der Waals surface area contributed by atoms with E-state index >= 15 is 0 Å². The Bertz CT molecular complexity index is 967. The summed E-state index contributed by atoms with van der Waals surface area (Å²) >= 11 is 0. The second-order valence-electron chi connectivity index (χ2n) is 8.04. The van der Waals surface area contributed by atoms with Gasteiger partial charge in [0.05, 0.1) is 11.4 Å². The van der Waals surface area contributed by atoms with Crippen LogP contribution in [0.5, 0.6) is 0 Å². The molecule has 0 spiro atoms. The van der Waals surface area contributed by atoms with E-state index in [1.54, 1.807) is 0 Å². The van der Waals surface area contributed by atoms with E-state index in [4.69, 9.17) is 0 Å². The van der Waals surface area contributed by atoms with Crippen LogP contribution in [0.25, 0.3) is 0 Å². The molecular formula is C28H34N2. The van der Waals surface area contributed by atoms with E-state index in [0.717, 1.165) is 30.6 Å². The first-order chi connectivity index (χ1) is 14.5. The van der Waals surface area contributed by atoms with Gasteiger partial charge in [0, 0.05) is 23.2 Å². The monoisotopic (exact) mass is 398 g/mol. The molecule has 2 aromatic rings. The van der Waals surface area contributed by atoms with Gasteiger partial charge in [0.2, 0.25) is 0 Å². The summed E-state index contributed by atoms with van der Waals surface area (Å²) in [4.78, 5) is 0. The first kappa shape index (κ1) is 21.7. The van der Waals surface area contributed by atoms with Crippen molar-refractivity contribution in [1.29, 1.82) is 0 Å². The fraction of sp³-hybridized carbons (Fsp3) is 0.286. The average Bonchev–Trinajstić information content (AvgIpc) is 3.04. The minimum absolute atomic E-state index is 0.170. The van der Waals surface area contributed by atoms with Gasteiger partial charge in [0.15, 0.2) is 0 Å². The summed E-state index contributed by atoms with van der Waals surface area (Å²) in [5, 5.41) is 4.63. The first-order valence-corrected chi connectivity index (χ1v) is 10.9. The quantitative estimate of drug-likeness (QED) is 0.437. The van der Waals surface area contributed by atoms with Crippen LogP contribution in [-0.4, -0.2) is 5.01 Å². The highest BCUT2D eigenvalue weighted by atomic mass is 15.6. The summed E-state index contributed by atoms with van der Waals surface area (Å²) in [6, 6.07) is 19.2. The molecule has 1 aliphatic rings. The lowest BCUT2D eigenvalue weighted by Gasteiger charge is -2.39. The summed E-state index contributed by atoms with van der Waals surface area (Å²) in [5.74, 6) is 0. The second kappa shape index (κ2) is 9.21. The Balaban J connectivity index is 2.25. The molecule has 1 heterocycles. The lowest BCUT2D eigenvalue weighted by Crippen LogP contribution is -2.37. The molecule has 0 saturated carbocycles. The Morgan fingerprint density at radius 1 is 1.10 bits per heavy atom. The average molecular weight is 399 g/mol. The molecule has 156 valence electrons. The predicted molar refractivity (Wildman–Crippen MR) is 130 cm³/mol. The number of anilines is 2. The van der Waals surface area contributed by atoms with Crippen molar-refractivity contribution in [1.82, 2.24) is 5.01 Å². The summed E-state index contributed by atoms with van der Waals surface area (Å²) in [6.45, 7) is 17.7. The van der Waals surface area contributed by atoms with Gasteiger partial charge in [-0.1, -0.05) is 81.1 Å². The van der Waals surface area contributed by atoms with Crippen LogP contribution in [0.4, 0.5) is 11.4 Å². The molecule has 0 amide bonds. The molecule has 1 saturated heterocycles. The number of para-hydroxylation sites is 2. The van der Waals surface area contributed by atoms with E-state index in [-0.39, 0.29) is 5.41 Å². The molecule has 1 atom stereocenters. The summed E-state index contributed by atoms with van der Waals surface area (Å²) in [7, 11) is 0. The van der Waals surface area contributed by atoms with Gasteiger partial charge in [-0.05, 0) is 56.5 Å². The standard InChI is InChI=1S/C28H34N2/c1-7-10-17-26-21-28(6,22(4)8-2)23(5)29(26)30(25-18-12-11-13-19-25)27-20-15-14-16-24(27)9-3/h7,10-20H,4-5,8-9,21H2,1-3,6H3/b10-7-,26-17-. The number of hydrazine groups is 1. The van der Waals surface area contributed by atoms with Gasteiger partial charge in [0.25, 0.3) is 0 Å². The molecule has 2 nitrogen and oxygen atoms in total. The third-order valence-corrected chi connectivity index (χ3v) is 6.19. The summed E-state index contributed by atoms with van der Waals surface area (Å²) < 4.78 is 0. The van der Waals surface area contributed by atoms with E-state index in [1.807, 2.05) is 0 Å². The second-order valence-corrected chi connectivity index (χ2v) is 8.04. The maximum absolute atomic E-state index is 4.60. The van der Waals surface area contributed by atoms with Gasteiger partial charge in [-0.3, -0.25) is 5.01 Å². The SMILES string of the molecule is C=C(CC)C1(C)C/C(=C/C=C\C)N(N(c2ccccc2)c2ccccc2CC)C1=C. The molecular weight excluding hydrogens is 364 g/mol. The number of rotatable bonds is 7. The zero-order chi connectivity index (χ0) is 21.7. The Hall–Kier alpha value is -3.00. The minimum atomic E-state index is -0.170. The van der Waals surface area contributed by atoms with Crippen LogP contribution >= 0.6 is 0 Å². The Labute approximate surface area is 182 Å². The largest absolute Gasteiger partial charge is 0.257 e. The zero-order valence-electron chi connectivity index (χ0n) is 18.9. The minimum Gasteiger partial charge on any atom is -0.257 e. The highest BCUT2D eigenvalue weighted by Crippen LogP contribution is 2.52. The Morgan fingerprint density at radius 2 is 1.77 bits per heavy atom. The topological polar surface area (TPSA) is 6.48 Å². The summed E-state index contributed by atoms with van der Waals surface area (Å²) in [5.41, 5.74) is 6.96. The normalized spacial score (nSPS) is 20.3. The van der Waals surface area contributed by atoms with E-state index in [0.29, 0.717) is 0 Å². The molecule has 0 aromatic heterocycles. The van der Waals surface area contributed by atoms with E-state index in [9.17, 15) is 0 Å². The van der Waals surface area contributed by atoms with Crippen molar-refractivity contribution in [3.05, 3.63) is 109 Å². The number of allylic oxidation sites excluding steroid dienone is 5. The van der Waals surface area contributed by atoms with Gasteiger partial charge >= 0.3 is 0 Å². The third-order valence-electron chi connectivity index (χ3n) is 6.19. The lowest BCUT2D eigenvalue weighted by atomic mass is 9.78. The van der Waals surface area contributed by atoms with Crippen LogP contribution in [0.2, 0.25) is 0 Å². The van der Waals surface area contributed by atoms with Crippen molar-refractivity contribution in [2.24, 2.45) is 5.41 Å². The lowest BCUT2D eigenvalue weighted by molar-refractivity contribution is 0.416. The van der Waals surface area contributed by atoms with Crippen LogP contribution in [-0.2, 0) is 6.42 Å². The molecule has 0 radical (unpaired) electrons. The van der Waals surface area contributed by atoms with E-state index in [2.05, 4.69) is 124 Å². The van der Waals surface area contributed by atoms with E-state index < -0.39 is 0 Å². The Morgan fingerprint density at radius 3 is 2.40 bits per heavy atom. The molecule has 3 rings (SSSR count). The summed E-state index contributed by atoms with van der Waals surface area (Å²) in [6.07, 6.45) is 9.20. The van der Waals surface area contributed by atoms with Crippen molar-refractivity contribution < 1.29 is 0 Å². The molecule has 1 fully saturated rings. The fourth-order valence-corrected chi connectivity index (χ4v) is 4.20. The third kappa shape index (κ3) is 3.87. The molecule has 30 heavy (non-hydrogen) atoms. The van der Waals surface area contributed by atoms with Gasteiger partial charge in [-0.15, -0.1) is 0 Å². The van der Waals surface area contributed by atoms with Crippen LogP contribution in [0.3, 0.4) is 0 Å². The molecule has 0 bridgehead atoms. The number of benzene rings is 2. The van der Waals surface area contributed by atoms with Crippen molar-refractivity contribution in [3.63, 3.8) is 0 Å². The molecule has 1 aliphatic heterocycles. The maximum Gasteiger partial charge on any atom is 0.0668 e. The van der Waals surface area contributed by atoms with Crippen LogP contribution in [0.15, 0.2) is 103 Å². The van der Waals surface area contributed by atoms with Gasteiger partial charge < -0.3 is 0 Å². The van der Waals surface area contributed by atoms with Gasteiger partial charge in [0.1, 0.15) is 0 Å². The van der Waals surface area contributed by atoms with Crippen molar-refractivity contribution in [2.75, 3.05) is 5.01 Å². The van der Waals surface area contributed by atoms with E-state index in [1.165, 1.54) is 22.5 Å². The fourth-order valence-electron chi connectivity index (χ4n) is 4.20. The molecule has 0 aliphatic carbocycles. The number of aryl methyl sites for hydroxylation is 1. The van der Waals surface area contributed by atoms with Crippen molar-refractivity contribution >= 4 is 11.4 Å². The maximum atomic E-state index is 4.60. The number of hydrogen-bond acceptors (Lipinski definition) is 2. The zero-order valence-corrected chi connectivity index (χ0v) is 18.9. The highest BCUT2D eigenvalue weighted by molar-refractivity contribution is 5.67. The number of nitrogens with zero attached hydrogens (tertiary/aromatic N) is 2.